The minimum absolute atomic E-state index is 0.0558. The minimum Gasteiger partial charge on any atom is -0.338 e. The van der Waals surface area contributed by atoms with Gasteiger partial charge in [-0.05, 0) is 25.2 Å². The minimum atomic E-state index is -2.50. The molecule has 0 radical (unpaired) electrons. The van der Waals surface area contributed by atoms with E-state index in [2.05, 4.69) is 27.0 Å². The number of alkyl halides is 2. The van der Waals surface area contributed by atoms with Crippen LogP contribution in [0.5, 0.6) is 0 Å². The average Bonchev–Trinajstić information content (AvgIpc) is 2.91. The van der Waals surface area contributed by atoms with Crippen molar-refractivity contribution in [1.29, 1.82) is 0 Å². The van der Waals surface area contributed by atoms with E-state index >= 15 is 0 Å². The molecule has 1 saturated carbocycles. The Morgan fingerprint density at radius 1 is 1.29 bits per heavy atom. The third-order valence-corrected chi connectivity index (χ3v) is 4.89. The van der Waals surface area contributed by atoms with Crippen LogP contribution in [0, 0.1) is 5.92 Å². The standard InChI is InChI=1S/C14H23F2N5/c1-9-4-7-21(8-11(9)17)13-18-12(19-20-13)10-2-5-14(15,16)6-3-10/h9-11H,2-8,17H2,1H3,(H,18,19,20). The van der Waals surface area contributed by atoms with Gasteiger partial charge >= 0.3 is 0 Å². The molecule has 1 aliphatic heterocycles. The van der Waals surface area contributed by atoms with Gasteiger partial charge in [0.05, 0.1) is 0 Å². The van der Waals surface area contributed by atoms with Gasteiger partial charge in [-0.15, -0.1) is 5.10 Å². The summed E-state index contributed by atoms with van der Waals surface area (Å²) in [5.41, 5.74) is 6.09. The summed E-state index contributed by atoms with van der Waals surface area (Å²) in [6.07, 6.45) is 1.86. The number of nitrogens with one attached hydrogen (secondary N) is 1. The monoisotopic (exact) mass is 299 g/mol. The first-order valence-corrected chi connectivity index (χ1v) is 7.75. The van der Waals surface area contributed by atoms with Gasteiger partial charge < -0.3 is 10.6 Å². The van der Waals surface area contributed by atoms with Crippen LogP contribution in [-0.4, -0.2) is 40.2 Å². The van der Waals surface area contributed by atoms with E-state index in [4.69, 9.17) is 5.73 Å². The zero-order chi connectivity index (χ0) is 15.0. The van der Waals surface area contributed by atoms with Gasteiger partial charge in [0.2, 0.25) is 11.9 Å². The van der Waals surface area contributed by atoms with E-state index < -0.39 is 5.92 Å². The number of aromatic nitrogens is 3. The first-order chi connectivity index (χ1) is 9.94. The van der Waals surface area contributed by atoms with Crippen molar-refractivity contribution in [2.45, 2.75) is 56.9 Å². The van der Waals surface area contributed by atoms with Crippen LogP contribution < -0.4 is 10.6 Å². The zero-order valence-corrected chi connectivity index (χ0v) is 12.4. The van der Waals surface area contributed by atoms with Crippen LogP contribution in [0.4, 0.5) is 14.7 Å². The lowest BCUT2D eigenvalue weighted by Crippen LogP contribution is -2.48. The average molecular weight is 299 g/mol. The van der Waals surface area contributed by atoms with Crippen molar-refractivity contribution < 1.29 is 8.78 Å². The molecule has 0 spiro atoms. The first kappa shape index (κ1) is 14.7. The van der Waals surface area contributed by atoms with E-state index in [0.717, 1.165) is 25.3 Å². The van der Waals surface area contributed by atoms with E-state index in [9.17, 15) is 8.78 Å². The van der Waals surface area contributed by atoms with Crippen LogP contribution in [-0.2, 0) is 0 Å². The molecule has 1 aliphatic carbocycles. The number of nitrogens with two attached hydrogens (primary N) is 1. The number of rotatable bonds is 2. The molecular weight excluding hydrogens is 276 g/mol. The second-order valence-electron chi connectivity index (χ2n) is 6.53. The van der Waals surface area contributed by atoms with Crippen LogP contribution in [0.2, 0.25) is 0 Å². The maximum absolute atomic E-state index is 13.2. The Morgan fingerprint density at radius 2 is 2.00 bits per heavy atom. The number of piperidine rings is 1. The van der Waals surface area contributed by atoms with Crippen LogP contribution in [0.25, 0.3) is 0 Å². The van der Waals surface area contributed by atoms with E-state index in [1.54, 1.807) is 0 Å². The molecule has 1 aromatic heterocycles. The maximum Gasteiger partial charge on any atom is 0.248 e. The molecule has 3 N–H and O–H groups in total. The van der Waals surface area contributed by atoms with Crippen LogP contribution in [0.3, 0.4) is 0 Å². The molecular formula is C14H23F2N5. The molecule has 2 atom stereocenters. The van der Waals surface area contributed by atoms with Crippen LogP contribution in [0.1, 0.15) is 50.8 Å². The Balaban J connectivity index is 1.64. The molecule has 2 heterocycles. The Bertz CT molecular complexity index is 479. The fourth-order valence-electron chi connectivity index (χ4n) is 3.18. The number of aromatic amines is 1. The Kier molecular flexibility index (Phi) is 3.86. The Hall–Kier alpha value is -1.24. The summed E-state index contributed by atoms with van der Waals surface area (Å²) in [4.78, 5) is 6.61. The molecule has 5 nitrogen and oxygen atoms in total. The van der Waals surface area contributed by atoms with Crippen molar-refractivity contribution in [2.75, 3.05) is 18.0 Å². The normalized spacial score (nSPS) is 30.6. The topological polar surface area (TPSA) is 70.8 Å². The largest absolute Gasteiger partial charge is 0.338 e. The summed E-state index contributed by atoms with van der Waals surface area (Å²) >= 11 is 0. The number of hydrogen-bond acceptors (Lipinski definition) is 4. The van der Waals surface area contributed by atoms with Gasteiger partial charge in [0, 0.05) is 37.9 Å². The van der Waals surface area contributed by atoms with Crippen molar-refractivity contribution in [3.8, 4) is 0 Å². The van der Waals surface area contributed by atoms with E-state index in [1.165, 1.54) is 0 Å². The Morgan fingerprint density at radius 3 is 2.67 bits per heavy atom. The van der Waals surface area contributed by atoms with Gasteiger partial charge in [0.15, 0.2) is 0 Å². The van der Waals surface area contributed by atoms with Crippen molar-refractivity contribution in [1.82, 2.24) is 15.2 Å². The zero-order valence-electron chi connectivity index (χ0n) is 12.4. The highest BCUT2D eigenvalue weighted by molar-refractivity contribution is 5.31. The third kappa shape index (κ3) is 3.17. The fraction of sp³-hybridized carbons (Fsp3) is 0.857. The van der Waals surface area contributed by atoms with Crippen LogP contribution >= 0.6 is 0 Å². The number of hydrogen-bond donors (Lipinski definition) is 2. The molecule has 7 heteroatoms. The van der Waals surface area contributed by atoms with Crippen molar-refractivity contribution in [3.05, 3.63) is 5.82 Å². The SMILES string of the molecule is CC1CCN(c2n[nH]c(C3CCC(F)(F)CC3)n2)CC1N. The second-order valence-corrected chi connectivity index (χ2v) is 6.53. The van der Waals surface area contributed by atoms with Gasteiger partial charge in [-0.2, -0.15) is 4.98 Å². The summed E-state index contributed by atoms with van der Waals surface area (Å²) < 4.78 is 26.4. The molecule has 2 unspecified atom stereocenters. The number of halogens is 2. The first-order valence-electron chi connectivity index (χ1n) is 7.75. The quantitative estimate of drug-likeness (QED) is 0.879. The van der Waals surface area contributed by atoms with E-state index in [0.29, 0.717) is 24.7 Å². The van der Waals surface area contributed by atoms with E-state index in [-0.39, 0.29) is 24.8 Å². The van der Waals surface area contributed by atoms with Gasteiger partial charge in [0.1, 0.15) is 5.82 Å². The molecule has 1 aromatic rings. The summed E-state index contributed by atoms with van der Waals surface area (Å²) in [6.45, 7) is 3.81. The molecule has 0 aromatic carbocycles. The molecule has 3 rings (SSSR count). The van der Waals surface area contributed by atoms with Crippen LogP contribution in [0.15, 0.2) is 0 Å². The number of anilines is 1. The number of H-pyrrole nitrogens is 1. The molecule has 1 saturated heterocycles. The molecule has 21 heavy (non-hydrogen) atoms. The van der Waals surface area contributed by atoms with Crippen molar-refractivity contribution >= 4 is 5.95 Å². The highest BCUT2D eigenvalue weighted by Crippen LogP contribution is 2.40. The Labute approximate surface area is 123 Å². The summed E-state index contributed by atoms with van der Waals surface area (Å²) in [5.74, 6) is -0.518. The lowest BCUT2D eigenvalue weighted by atomic mass is 9.86. The summed E-state index contributed by atoms with van der Waals surface area (Å²) in [6, 6.07) is 0.133. The van der Waals surface area contributed by atoms with Crippen molar-refractivity contribution in [3.63, 3.8) is 0 Å². The molecule has 2 aliphatic rings. The fourth-order valence-corrected chi connectivity index (χ4v) is 3.18. The third-order valence-electron chi connectivity index (χ3n) is 4.89. The smallest absolute Gasteiger partial charge is 0.248 e. The van der Waals surface area contributed by atoms with Gasteiger partial charge in [0.25, 0.3) is 0 Å². The highest BCUT2D eigenvalue weighted by Gasteiger charge is 2.36. The lowest BCUT2D eigenvalue weighted by molar-refractivity contribution is -0.0387. The van der Waals surface area contributed by atoms with Gasteiger partial charge in [-0.1, -0.05) is 6.92 Å². The molecule has 2 fully saturated rings. The highest BCUT2D eigenvalue weighted by atomic mass is 19.3. The second kappa shape index (κ2) is 5.51. The summed E-state index contributed by atoms with van der Waals surface area (Å²) in [5, 5.41) is 7.20. The molecule has 0 bridgehead atoms. The van der Waals surface area contributed by atoms with Gasteiger partial charge in [-0.3, -0.25) is 5.10 Å². The lowest BCUT2D eigenvalue weighted by Gasteiger charge is -2.34. The van der Waals surface area contributed by atoms with E-state index in [1.807, 2.05) is 0 Å². The predicted octanol–water partition coefficient (Wildman–Crippen LogP) is 2.27. The van der Waals surface area contributed by atoms with Crippen molar-refractivity contribution in [2.24, 2.45) is 11.7 Å². The molecule has 118 valence electrons. The number of nitrogens with zero attached hydrogens (tertiary/aromatic N) is 3. The molecule has 0 amide bonds. The van der Waals surface area contributed by atoms with Gasteiger partial charge in [-0.25, -0.2) is 8.78 Å². The predicted molar refractivity (Wildman–Crippen MR) is 76.5 cm³/mol. The summed E-state index contributed by atoms with van der Waals surface area (Å²) in [7, 11) is 0. The maximum atomic E-state index is 13.2.